The molecule has 0 aliphatic carbocycles. The van der Waals surface area contributed by atoms with Gasteiger partial charge in [0.2, 0.25) is 0 Å². The van der Waals surface area contributed by atoms with E-state index in [1.165, 1.54) is 35.7 Å². The molecular weight excluding hydrogens is 285 g/mol. The SMILES string of the molecule is O=C(c1cnc2ccsc2c1)c1c(F)cccc1Cl. The van der Waals surface area contributed by atoms with E-state index in [9.17, 15) is 9.18 Å². The van der Waals surface area contributed by atoms with E-state index in [1.807, 2.05) is 11.4 Å². The van der Waals surface area contributed by atoms with Crippen LogP contribution in [0.1, 0.15) is 15.9 Å². The Morgan fingerprint density at radius 3 is 2.95 bits per heavy atom. The summed E-state index contributed by atoms with van der Waals surface area (Å²) in [4.78, 5) is 16.5. The number of pyridine rings is 1. The third-order valence-corrected chi connectivity index (χ3v) is 3.92. The zero-order chi connectivity index (χ0) is 13.4. The molecule has 0 bridgehead atoms. The first-order chi connectivity index (χ1) is 9.16. The number of carbonyl (C=O) groups is 1. The Labute approximate surface area is 117 Å². The number of ketones is 1. The van der Waals surface area contributed by atoms with Crippen LogP contribution in [0.3, 0.4) is 0 Å². The van der Waals surface area contributed by atoms with Crippen LogP contribution in [0.2, 0.25) is 5.02 Å². The van der Waals surface area contributed by atoms with Crippen LogP contribution >= 0.6 is 22.9 Å². The van der Waals surface area contributed by atoms with E-state index in [2.05, 4.69) is 4.98 Å². The Morgan fingerprint density at radius 2 is 2.16 bits per heavy atom. The van der Waals surface area contributed by atoms with Crippen molar-refractivity contribution in [2.45, 2.75) is 0 Å². The summed E-state index contributed by atoms with van der Waals surface area (Å²) < 4.78 is 14.6. The molecule has 0 fully saturated rings. The normalized spacial score (nSPS) is 10.8. The molecule has 2 aromatic heterocycles. The first-order valence-electron chi connectivity index (χ1n) is 5.49. The molecule has 0 saturated heterocycles. The highest BCUT2D eigenvalue weighted by Crippen LogP contribution is 2.25. The van der Waals surface area contributed by atoms with Crippen molar-refractivity contribution in [3.8, 4) is 0 Å². The summed E-state index contributed by atoms with van der Waals surface area (Å²) in [5.74, 6) is -1.07. The van der Waals surface area contributed by atoms with Gasteiger partial charge < -0.3 is 0 Å². The van der Waals surface area contributed by atoms with E-state index >= 15 is 0 Å². The van der Waals surface area contributed by atoms with Crippen molar-refractivity contribution in [2.75, 3.05) is 0 Å². The molecule has 0 amide bonds. The van der Waals surface area contributed by atoms with Gasteiger partial charge >= 0.3 is 0 Å². The van der Waals surface area contributed by atoms with Gasteiger partial charge in [0.15, 0.2) is 5.78 Å². The number of hydrogen-bond acceptors (Lipinski definition) is 3. The second kappa shape index (κ2) is 4.72. The van der Waals surface area contributed by atoms with E-state index in [0.717, 1.165) is 10.2 Å². The number of carbonyl (C=O) groups excluding carboxylic acids is 1. The van der Waals surface area contributed by atoms with Crippen molar-refractivity contribution in [3.63, 3.8) is 0 Å². The fraction of sp³-hybridized carbons (Fsp3) is 0. The first-order valence-corrected chi connectivity index (χ1v) is 6.74. The molecule has 5 heteroatoms. The van der Waals surface area contributed by atoms with Crippen molar-refractivity contribution in [3.05, 3.63) is 63.9 Å². The van der Waals surface area contributed by atoms with Gasteiger partial charge in [-0.1, -0.05) is 17.7 Å². The van der Waals surface area contributed by atoms with E-state index in [4.69, 9.17) is 11.6 Å². The summed E-state index contributed by atoms with van der Waals surface area (Å²) in [6, 6.07) is 7.75. The minimum absolute atomic E-state index is 0.108. The van der Waals surface area contributed by atoms with Gasteiger partial charge in [0.25, 0.3) is 0 Å². The summed E-state index contributed by atoms with van der Waals surface area (Å²) in [5.41, 5.74) is 1.05. The second-order valence-electron chi connectivity index (χ2n) is 3.95. The second-order valence-corrected chi connectivity index (χ2v) is 5.31. The lowest BCUT2D eigenvalue weighted by molar-refractivity contribution is 0.103. The van der Waals surface area contributed by atoms with E-state index < -0.39 is 11.6 Å². The number of thiophene rings is 1. The minimum atomic E-state index is -0.622. The lowest BCUT2D eigenvalue weighted by Crippen LogP contribution is -2.05. The Bertz CT molecular complexity index is 764. The van der Waals surface area contributed by atoms with Crippen molar-refractivity contribution >= 4 is 38.9 Å². The lowest BCUT2D eigenvalue weighted by atomic mass is 10.0. The van der Waals surface area contributed by atoms with Crippen LogP contribution in [-0.2, 0) is 0 Å². The molecule has 0 atom stereocenters. The quantitative estimate of drug-likeness (QED) is 0.658. The molecule has 19 heavy (non-hydrogen) atoms. The summed E-state index contributed by atoms with van der Waals surface area (Å²) in [5, 5.41) is 2.00. The number of aromatic nitrogens is 1. The maximum absolute atomic E-state index is 13.7. The minimum Gasteiger partial charge on any atom is -0.288 e. The Kier molecular flexibility index (Phi) is 3.05. The monoisotopic (exact) mass is 291 g/mol. The van der Waals surface area contributed by atoms with E-state index in [1.54, 1.807) is 6.07 Å². The standard InChI is InChI=1S/C14H7ClFNOS/c15-9-2-1-3-10(16)13(9)14(18)8-6-12-11(17-7-8)4-5-19-12/h1-7H. The van der Waals surface area contributed by atoms with Crippen LogP contribution in [0.15, 0.2) is 41.9 Å². The van der Waals surface area contributed by atoms with Gasteiger partial charge in [-0.3, -0.25) is 9.78 Å². The molecule has 3 aromatic rings. The Balaban J connectivity index is 2.13. The van der Waals surface area contributed by atoms with Crippen LogP contribution in [0.4, 0.5) is 4.39 Å². The smallest absolute Gasteiger partial charge is 0.199 e. The highest BCUT2D eigenvalue weighted by atomic mass is 35.5. The molecule has 0 saturated carbocycles. The van der Waals surface area contributed by atoms with Gasteiger partial charge in [-0.05, 0) is 29.6 Å². The molecule has 1 aromatic carbocycles. The third-order valence-electron chi connectivity index (χ3n) is 2.75. The first kappa shape index (κ1) is 12.3. The Hall–Kier alpha value is -1.78. The van der Waals surface area contributed by atoms with Gasteiger partial charge in [0, 0.05) is 11.8 Å². The highest BCUT2D eigenvalue weighted by Gasteiger charge is 2.18. The molecule has 0 spiro atoms. The topological polar surface area (TPSA) is 30.0 Å². The number of nitrogens with zero attached hydrogens (tertiary/aromatic N) is 1. The lowest BCUT2D eigenvalue weighted by Gasteiger charge is -2.04. The molecule has 94 valence electrons. The van der Waals surface area contributed by atoms with Crippen molar-refractivity contribution in [2.24, 2.45) is 0 Å². The highest BCUT2D eigenvalue weighted by molar-refractivity contribution is 7.17. The molecule has 0 aliphatic heterocycles. The van der Waals surface area contributed by atoms with Gasteiger partial charge in [-0.25, -0.2) is 4.39 Å². The fourth-order valence-electron chi connectivity index (χ4n) is 1.83. The Morgan fingerprint density at radius 1 is 1.32 bits per heavy atom. The summed E-state index contributed by atoms with van der Waals surface area (Å²) in [6.07, 6.45) is 1.44. The fourth-order valence-corrected chi connectivity index (χ4v) is 2.86. The van der Waals surface area contributed by atoms with Crippen molar-refractivity contribution in [1.29, 1.82) is 0 Å². The average Bonchev–Trinajstić information content (AvgIpc) is 2.85. The zero-order valence-electron chi connectivity index (χ0n) is 9.56. The van der Waals surface area contributed by atoms with Gasteiger partial charge in [-0.2, -0.15) is 0 Å². The van der Waals surface area contributed by atoms with Crippen molar-refractivity contribution in [1.82, 2.24) is 4.98 Å². The van der Waals surface area contributed by atoms with Crippen molar-refractivity contribution < 1.29 is 9.18 Å². The number of fused-ring (bicyclic) bond motifs is 1. The van der Waals surface area contributed by atoms with Gasteiger partial charge in [0.1, 0.15) is 5.82 Å². The predicted octanol–water partition coefficient (Wildman–Crippen LogP) is 4.32. The van der Waals surface area contributed by atoms with Gasteiger partial charge in [0.05, 0.1) is 20.8 Å². The zero-order valence-corrected chi connectivity index (χ0v) is 11.1. The van der Waals surface area contributed by atoms with E-state index in [-0.39, 0.29) is 10.6 Å². The largest absolute Gasteiger partial charge is 0.288 e. The molecular formula is C14H7ClFNOS. The van der Waals surface area contributed by atoms with Crippen LogP contribution in [0.25, 0.3) is 10.2 Å². The summed E-state index contributed by atoms with van der Waals surface area (Å²) in [6.45, 7) is 0. The number of rotatable bonds is 2. The summed E-state index contributed by atoms with van der Waals surface area (Å²) in [7, 11) is 0. The number of halogens is 2. The van der Waals surface area contributed by atoms with Gasteiger partial charge in [-0.15, -0.1) is 11.3 Å². The average molecular weight is 292 g/mol. The van der Waals surface area contributed by atoms with Crippen LogP contribution < -0.4 is 0 Å². The third kappa shape index (κ3) is 2.13. The molecule has 2 nitrogen and oxygen atoms in total. The van der Waals surface area contributed by atoms with Crippen LogP contribution in [0.5, 0.6) is 0 Å². The number of hydrogen-bond donors (Lipinski definition) is 0. The molecule has 2 heterocycles. The molecule has 0 radical (unpaired) electrons. The maximum Gasteiger partial charge on any atom is 0.199 e. The molecule has 0 N–H and O–H groups in total. The summed E-state index contributed by atoms with van der Waals surface area (Å²) >= 11 is 7.37. The molecule has 3 rings (SSSR count). The van der Waals surface area contributed by atoms with E-state index in [0.29, 0.717) is 5.56 Å². The molecule has 0 aliphatic rings. The predicted molar refractivity (Wildman–Crippen MR) is 74.5 cm³/mol. The molecule has 0 unspecified atom stereocenters. The van der Waals surface area contributed by atoms with Crippen LogP contribution in [-0.4, -0.2) is 10.8 Å². The number of benzene rings is 1. The van der Waals surface area contributed by atoms with Crippen LogP contribution in [0, 0.1) is 5.82 Å². The maximum atomic E-state index is 13.7.